The van der Waals surface area contributed by atoms with Gasteiger partial charge in [-0.1, -0.05) is 0 Å². The van der Waals surface area contributed by atoms with Crippen LogP contribution in [0, 0.1) is 0 Å². The molecule has 2 unspecified atom stereocenters. The average Bonchev–Trinajstić information content (AvgIpc) is 2.67. The smallest absolute Gasteiger partial charge is 0.237 e. The molecule has 0 aliphatic carbocycles. The number of carbonyl (C=O) groups is 1. The summed E-state index contributed by atoms with van der Waals surface area (Å²) in [4.78, 5) is 11.9. The minimum absolute atomic E-state index is 0.0413. The van der Waals surface area contributed by atoms with Gasteiger partial charge in [-0.3, -0.25) is 10.1 Å². The molecule has 1 rings (SSSR count). The first-order valence-electron chi connectivity index (χ1n) is 5.90. The number of hydrogen-bond donors (Lipinski definition) is 2. The van der Waals surface area contributed by atoms with E-state index in [1.165, 1.54) is 5.56 Å². The molecule has 0 fully saturated rings. The Labute approximate surface area is 108 Å². The van der Waals surface area contributed by atoms with Gasteiger partial charge in [0.15, 0.2) is 0 Å². The number of rotatable bonds is 4. The summed E-state index contributed by atoms with van der Waals surface area (Å²) in [6.07, 6.45) is 0. The Kier molecular flexibility index (Phi) is 4.71. The number of nitrogens with one attached hydrogen (secondary N) is 2. The molecule has 0 aliphatic rings. The van der Waals surface area contributed by atoms with Gasteiger partial charge in [0.1, 0.15) is 0 Å². The SMILES string of the molecule is CC(NC(C)c1ccsc1)C(=O)NC(C)(C)C. The van der Waals surface area contributed by atoms with E-state index in [4.69, 9.17) is 0 Å². The first-order valence-corrected chi connectivity index (χ1v) is 6.84. The van der Waals surface area contributed by atoms with E-state index in [-0.39, 0.29) is 23.5 Å². The Morgan fingerprint density at radius 2 is 2.00 bits per heavy atom. The summed E-state index contributed by atoms with van der Waals surface area (Å²) >= 11 is 1.67. The Bertz CT molecular complexity index is 354. The van der Waals surface area contributed by atoms with Gasteiger partial charge >= 0.3 is 0 Å². The van der Waals surface area contributed by atoms with Crippen molar-refractivity contribution in [3.63, 3.8) is 0 Å². The molecular formula is C13H22N2OS. The van der Waals surface area contributed by atoms with E-state index in [2.05, 4.69) is 29.0 Å². The van der Waals surface area contributed by atoms with E-state index in [1.807, 2.05) is 33.1 Å². The van der Waals surface area contributed by atoms with Gasteiger partial charge in [-0.2, -0.15) is 11.3 Å². The van der Waals surface area contributed by atoms with Crippen molar-refractivity contribution in [3.8, 4) is 0 Å². The van der Waals surface area contributed by atoms with Crippen LogP contribution in [0.1, 0.15) is 46.2 Å². The van der Waals surface area contributed by atoms with Crippen molar-refractivity contribution in [2.24, 2.45) is 0 Å². The van der Waals surface area contributed by atoms with Crippen LogP contribution in [-0.2, 0) is 4.79 Å². The molecule has 96 valence electrons. The maximum Gasteiger partial charge on any atom is 0.237 e. The Morgan fingerprint density at radius 1 is 1.35 bits per heavy atom. The standard InChI is InChI=1S/C13H22N2OS/c1-9(11-6-7-17-8-11)14-10(2)12(16)15-13(3,4)5/h6-10,14H,1-5H3,(H,15,16). The second-order valence-corrected chi connectivity index (χ2v) is 6.19. The lowest BCUT2D eigenvalue weighted by Gasteiger charge is -2.25. The average molecular weight is 254 g/mol. The van der Waals surface area contributed by atoms with Crippen molar-refractivity contribution in [1.82, 2.24) is 10.6 Å². The summed E-state index contributed by atoms with van der Waals surface area (Å²) in [6, 6.07) is 2.09. The van der Waals surface area contributed by atoms with Crippen LogP contribution in [0.25, 0.3) is 0 Å². The fourth-order valence-corrected chi connectivity index (χ4v) is 2.30. The number of thiophene rings is 1. The van der Waals surface area contributed by atoms with Gasteiger partial charge < -0.3 is 5.32 Å². The van der Waals surface area contributed by atoms with Crippen molar-refractivity contribution < 1.29 is 4.79 Å². The maximum atomic E-state index is 11.9. The lowest BCUT2D eigenvalue weighted by atomic mass is 10.1. The number of hydrogen-bond acceptors (Lipinski definition) is 3. The van der Waals surface area contributed by atoms with Crippen molar-refractivity contribution in [2.75, 3.05) is 0 Å². The zero-order valence-corrected chi connectivity index (χ0v) is 12.0. The molecule has 1 aromatic rings. The third-order valence-electron chi connectivity index (χ3n) is 2.43. The number of amides is 1. The lowest BCUT2D eigenvalue weighted by Crippen LogP contribution is -2.49. The van der Waals surface area contributed by atoms with E-state index in [9.17, 15) is 4.79 Å². The van der Waals surface area contributed by atoms with Crippen LogP contribution in [0.4, 0.5) is 0 Å². The van der Waals surface area contributed by atoms with Crippen molar-refractivity contribution in [1.29, 1.82) is 0 Å². The topological polar surface area (TPSA) is 41.1 Å². The van der Waals surface area contributed by atoms with E-state index in [0.717, 1.165) is 0 Å². The van der Waals surface area contributed by atoms with Gasteiger partial charge in [0.05, 0.1) is 6.04 Å². The highest BCUT2D eigenvalue weighted by atomic mass is 32.1. The molecule has 17 heavy (non-hydrogen) atoms. The van der Waals surface area contributed by atoms with Crippen LogP contribution < -0.4 is 10.6 Å². The molecule has 2 N–H and O–H groups in total. The molecule has 0 spiro atoms. The summed E-state index contributed by atoms with van der Waals surface area (Å²) in [5, 5.41) is 10.4. The molecule has 0 saturated heterocycles. The molecule has 0 aliphatic heterocycles. The third kappa shape index (κ3) is 4.88. The molecule has 1 heterocycles. The summed E-state index contributed by atoms with van der Waals surface area (Å²) in [7, 11) is 0. The monoisotopic (exact) mass is 254 g/mol. The van der Waals surface area contributed by atoms with Gasteiger partial charge in [0, 0.05) is 11.6 Å². The largest absolute Gasteiger partial charge is 0.350 e. The first-order chi connectivity index (χ1) is 7.79. The summed E-state index contributed by atoms with van der Waals surface area (Å²) in [5.41, 5.74) is 1.05. The summed E-state index contributed by atoms with van der Waals surface area (Å²) < 4.78 is 0. The van der Waals surface area contributed by atoms with Crippen LogP contribution >= 0.6 is 11.3 Å². The summed E-state index contributed by atoms with van der Waals surface area (Å²) in [6.45, 7) is 9.92. The molecular weight excluding hydrogens is 232 g/mol. The third-order valence-corrected chi connectivity index (χ3v) is 3.14. The highest BCUT2D eigenvalue weighted by Gasteiger charge is 2.20. The molecule has 2 atom stereocenters. The van der Waals surface area contributed by atoms with E-state index >= 15 is 0 Å². The Hall–Kier alpha value is -0.870. The van der Waals surface area contributed by atoms with Crippen molar-refractivity contribution in [3.05, 3.63) is 22.4 Å². The van der Waals surface area contributed by atoms with Crippen molar-refractivity contribution >= 4 is 17.2 Å². The predicted octanol–water partition coefficient (Wildman–Crippen LogP) is 2.70. The van der Waals surface area contributed by atoms with Gasteiger partial charge in [-0.05, 0) is 57.0 Å². The zero-order chi connectivity index (χ0) is 13.1. The molecule has 3 nitrogen and oxygen atoms in total. The maximum absolute atomic E-state index is 11.9. The van der Waals surface area contributed by atoms with Crippen LogP contribution in [0.5, 0.6) is 0 Å². The zero-order valence-electron chi connectivity index (χ0n) is 11.2. The first kappa shape index (κ1) is 14.2. The Balaban J connectivity index is 2.49. The molecule has 1 aromatic heterocycles. The second-order valence-electron chi connectivity index (χ2n) is 5.41. The van der Waals surface area contributed by atoms with Crippen molar-refractivity contribution in [2.45, 2.75) is 52.2 Å². The molecule has 0 radical (unpaired) electrons. The Morgan fingerprint density at radius 3 is 2.47 bits per heavy atom. The quantitative estimate of drug-likeness (QED) is 0.867. The lowest BCUT2D eigenvalue weighted by molar-refractivity contribution is -0.124. The predicted molar refractivity (Wildman–Crippen MR) is 73.2 cm³/mol. The van der Waals surface area contributed by atoms with E-state index < -0.39 is 0 Å². The molecule has 1 amide bonds. The second kappa shape index (κ2) is 5.65. The van der Waals surface area contributed by atoms with E-state index in [1.54, 1.807) is 11.3 Å². The highest BCUT2D eigenvalue weighted by molar-refractivity contribution is 7.07. The van der Waals surface area contributed by atoms with Gasteiger partial charge in [-0.25, -0.2) is 0 Å². The fourth-order valence-electron chi connectivity index (χ4n) is 1.55. The minimum atomic E-state index is -0.191. The normalized spacial score (nSPS) is 15.4. The van der Waals surface area contributed by atoms with Gasteiger partial charge in [0.2, 0.25) is 5.91 Å². The van der Waals surface area contributed by atoms with Gasteiger partial charge in [0.25, 0.3) is 0 Å². The van der Waals surface area contributed by atoms with Crippen LogP contribution in [0.3, 0.4) is 0 Å². The molecule has 0 bridgehead atoms. The van der Waals surface area contributed by atoms with Crippen LogP contribution in [0.2, 0.25) is 0 Å². The minimum Gasteiger partial charge on any atom is -0.350 e. The molecule has 0 saturated carbocycles. The van der Waals surface area contributed by atoms with Crippen LogP contribution in [0.15, 0.2) is 16.8 Å². The number of carbonyl (C=O) groups excluding carboxylic acids is 1. The highest BCUT2D eigenvalue weighted by Crippen LogP contribution is 2.16. The van der Waals surface area contributed by atoms with Crippen LogP contribution in [-0.4, -0.2) is 17.5 Å². The fraction of sp³-hybridized carbons (Fsp3) is 0.615. The van der Waals surface area contributed by atoms with Gasteiger partial charge in [-0.15, -0.1) is 0 Å². The molecule has 4 heteroatoms. The molecule has 0 aromatic carbocycles. The van der Waals surface area contributed by atoms with E-state index in [0.29, 0.717) is 0 Å². The summed E-state index contributed by atoms with van der Waals surface area (Å²) in [5.74, 6) is 0.0413.